The van der Waals surface area contributed by atoms with E-state index in [9.17, 15) is 12.8 Å². The maximum absolute atomic E-state index is 12.7. The van der Waals surface area contributed by atoms with Gasteiger partial charge in [0.1, 0.15) is 5.82 Å². The molecule has 0 spiro atoms. The van der Waals surface area contributed by atoms with E-state index in [1.807, 2.05) is 0 Å². The monoisotopic (exact) mass is 228 g/mol. The minimum absolute atomic E-state index is 0.284. The van der Waals surface area contributed by atoms with Gasteiger partial charge >= 0.3 is 0 Å². The van der Waals surface area contributed by atoms with E-state index < -0.39 is 21.6 Å². The third-order valence-corrected chi connectivity index (χ3v) is 2.75. The van der Waals surface area contributed by atoms with Gasteiger partial charge in [-0.1, -0.05) is 0 Å². The van der Waals surface area contributed by atoms with E-state index in [1.54, 1.807) is 6.92 Å². The van der Waals surface area contributed by atoms with Crippen LogP contribution in [0.2, 0.25) is 0 Å². The number of hydrogen-bond acceptors (Lipinski definition) is 3. The molecule has 6 heteroatoms. The topological polar surface area (TPSA) is 70.0 Å². The molecule has 0 unspecified atom stereocenters. The van der Waals surface area contributed by atoms with Crippen LogP contribution in [-0.4, -0.2) is 14.2 Å². The van der Waals surface area contributed by atoms with Crippen LogP contribution in [-0.2, 0) is 10.0 Å². The standard InChI is InChI=1S/C9H9FN2O2S/c1-7-6-8(10)2-3-9(7)12-15(13,14)5-4-11/h2-3,6,12H,5H2,1H3. The molecular formula is C9H9FN2O2S. The van der Waals surface area contributed by atoms with Crippen LogP contribution in [0.3, 0.4) is 0 Å². The van der Waals surface area contributed by atoms with E-state index in [0.717, 1.165) is 6.07 Å². The van der Waals surface area contributed by atoms with E-state index in [-0.39, 0.29) is 5.69 Å². The van der Waals surface area contributed by atoms with Crippen molar-refractivity contribution in [3.05, 3.63) is 29.6 Å². The number of hydrogen-bond donors (Lipinski definition) is 1. The number of aryl methyl sites for hydroxylation is 1. The number of benzene rings is 1. The molecule has 1 rings (SSSR count). The van der Waals surface area contributed by atoms with Gasteiger partial charge < -0.3 is 0 Å². The fraction of sp³-hybridized carbons (Fsp3) is 0.222. The van der Waals surface area contributed by atoms with Crippen molar-refractivity contribution in [2.75, 3.05) is 10.5 Å². The normalized spacial score (nSPS) is 10.7. The summed E-state index contributed by atoms with van der Waals surface area (Å²) >= 11 is 0. The maximum atomic E-state index is 12.7. The fourth-order valence-electron chi connectivity index (χ4n) is 1.03. The highest BCUT2D eigenvalue weighted by Crippen LogP contribution is 2.16. The second kappa shape index (κ2) is 4.28. The molecule has 0 saturated heterocycles. The summed E-state index contributed by atoms with van der Waals surface area (Å²) < 4.78 is 37.3. The second-order valence-electron chi connectivity index (χ2n) is 2.98. The number of halogens is 1. The van der Waals surface area contributed by atoms with Gasteiger partial charge in [-0.2, -0.15) is 5.26 Å². The first-order chi connectivity index (χ1) is 6.94. The highest BCUT2D eigenvalue weighted by Gasteiger charge is 2.10. The van der Waals surface area contributed by atoms with Crippen LogP contribution >= 0.6 is 0 Å². The number of anilines is 1. The summed E-state index contributed by atoms with van der Waals surface area (Å²) in [6, 6.07) is 5.22. The molecule has 0 bridgehead atoms. The molecule has 0 saturated carbocycles. The van der Waals surface area contributed by atoms with Crippen LogP contribution < -0.4 is 4.72 Å². The van der Waals surface area contributed by atoms with Gasteiger partial charge in [0, 0.05) is 0 Å². The van der Waals surface area contributed by atoms with Crippen molar-refractivity contribution in [2.45, 2.75) is 6.92 Å². The van der Waals surface area contributed by atoms with Crippen molar-refractivity contribution < 1.29 is 12.8 Å². The third kappa shape index (κ3) is 3.22. The van der Waals surface area contributed by atoms with Crippen molar-refractivity contribution in [3.8, 4) is 6.07 Å². The Morgan fingerprint density at radius 1 is 1.53 bits per heavy atom. The zero-order valence-electron chi connectivity index (χ0n) is 7.99. The summed E-state index contributed by atoms with van der Waals surface area (Å²) in [6.07, 6.45) is 0. The molecule has 0 fully saturated rings. The Hall–Kier alpha value is -1.61. The summed E-state index contributed by atoms with van der Waals surface area (Å²) in [5.41, 5.74) is 0.753. The van der Waals surface area contributed by atoms with Crippen molar-refractivity contribution in [2.24, 2.45) is 0 Å². The molecule has 1 aromatic rings. The fourth-order valence-corrected chi connectivity index (χ4v) is 1.84. The zero-order chi connectivity index (χ0) is 11.5. The van der Waals surface area contributed by atoms with Crippen LogP contribution in [0.15, 0.2) is 18.2 Å². The Kier molecular flexibility index (Phi) is 3.27. The van der Waals surface area contributed by atoms with Crippen molar-refractivity contribution in [3.63, 3.8) is 0 Å². The van der Waals surface area contributed by atoms with E-state index in [4.69, 9.17) is 5.26 Å². The first-order valence-electron chi connectivity index (χ1n) is 4.08. The summed E-state index contributed by atoms with van der Waals surface area (Å²) in [6.45, 7) is 1.58. The Balaban J connectivity index is 2.96. The average Bonchev–Trinajstić information content (AvgIpc) is 2.09. The number of nitriles is 1. The zero-order valence-corrected chi connectivity index (χ0v) is 8.81. The third-order valence-electron chi connectivity index (χ3n) is 1.71. The highest BCUT2D eigenvalue weighted by molar-refractivity contribution is 7.92. The summed E-state index contributed by atoms with van der Waals surface area (Å²) in [5.74, 6) is -1.06. The van der Waals surface area contributed by atoms with Crippen LogP contribution in [0.4, 0.5) is 10.1 Å². The molecule has 0 radical (unpaired) electrons. The predicted octanol–water partition coefficient (Wildman–Crippen LogP) is 1.40. The van der Waals surface area contributed by atoms with Gasteiger partial charge in [0.05, 0.1) is 11.8 Å². The van der Waals surface area contributed by atoms with Gasteiger partial charge in [-0.15, -0.1) is 0 Å². The lowest BCUT2D eigenvalue weighted by Gasteiger charge is -2.07. The molecule has 15 heavy (non-hydrogen) atoms. The quantitative estimate of drug-likeness (QED) is 0.850. The van der Waals surface area contributed by atoms with Gasteiger partial charge in [0.2, 0.25) is 10.0 Å². The molecule has 0 aromatic heterocycles. The molecule has 0 heterocycles. The number of nitrogens with one attached hydrogen (secondary N) is 1. The number of rotatable bonds is 3. The lowest BCUT2D eigenvalue weighted by Crippen LogP contribution is -2.16. The van der Waals surface area contributed by atoms with E-state index in [1.165, 1.54) is 18.2 Å². The molecule has 0 aliphatic rings. The smallest absolute Gasteiger partial charge is 0.246 e. The first-order valence-corrected chi connectivity index (χ1v) is 5.73. The van der Waals surface area contributed by atoms with Gasteiger partial charge in [-0.25, -0.2) is 12.8 Å². The summed E-state index contributed by atoms with van der Waals surface area (Å²) in [7, 11) is -3.65. The first kappa shape index (κ1) is 11.5. The van der Waals surface area contributed by atoms with Crippen LogP contribution in [0, 0.1) is 24.1 Å². The summed E-state index contributed by atoms with van der Waals surface area (Å²) in [4.78, 5) is 0. The van der Waals surface area contributed by atoms with Gasteiger partial charge in [0.25, 0.3) is 0 Å². The molecule has 0 atom stereocenters. The van der Waals surface area contributed by atoms with Crippen LogP contribution in [0.25, 0.3) is 0 Å². The molecule has 1 aromatic carbocycles. The largest absolute Gasteiger partial charge is 0.282 e. The van der Waals surface area contributed by atoms with Gasteiger partial charge in [0.15, 0.2) is 5.75 Å². The Morgan fingerprint density at radius 3 is 2.73 bits per heavy atom. The maximum Gasteiger partial charge on any atom is 0.246 e. The summed E-state index contributed by atoms with van der Waals surface area (Å²) in [5, 5.41) is 8.26. The van der Waals surface area contributed by atoms with Crippen molar-refractivity contribution in [1.29, 1.82) is 5.26 Å². The lowest BCUT2D eigenvalue weighted by atomic mass is 10.2. The molecule has 4 nitrogen and oxygen atoms in total. The molecule has 0 aliphatic heterocycles. The molecule has 0 aliphatic carbocycles. The minimum Gasteiger partial charge on any atom is -0.282 e. The van der Waals surface area contributed by atoms with E-state index >= 15 is 0 Å². The Morgan fingerprint density at radius 2 is 2.20 bits per heavy atom. The van der Waals surface area contributed by atoms with Gasteiger partial charge in [-0.05, 0) is 30.7 Å². The van der Waals surface area contributed by atoms with E-state index in [0.29, 0.717) is 5.56 Å². The molecule has 80 valence electrons. The Bertz CT molecular complexity index is 505. The minimum atomic E-state index is -3.65. The van der Waals surface area contributed by atoms with Crippen molar-refractivity contribution >= 4 is 15.7 Å². The Labute approximate surface area is 87.4 Å². The molecule has 1 N–H and O–H groups in total. The van der Waals surface area contributed by atoms with Crippen LogP contribution in [0.5, 0.6) is 0 Å². The van der Waals surface area contributed by atoms with Gasteiger partial charge in [-0.3, -0.25) is 4.72 Å². The molecular weight excluding hydrogens is 219 g/mol. The van der Waals surface area contributed by atoms with Crippen LogP contribution in [0.1, 0.15) is 5.56 Å². The number of sulfonamides is 1. The van der Waals surface area contributed by atoms with Crippen molar-refractivity contribution in [1.82, 2.24) is 0 Å². The predicted molar refractivity (Wildman–Crippen MR) is 54.2 cm³/mol. The average molecular weight is 228 g/mol. The lowest BCUT2D eigenvalue weighted by molar-refractivity contribution is 0.604. The second-order valence-corrected chi connectivity index (χ2v) is 4.70. The highest BCUT2D eigenvalue weighted by atomic mass is 32.2. The SMILES string of the molecule is Cc1cc(F)ccc1NS(=O)(=O)CC#N. The molecule has 0 amide bonds. The number of nitrogens with zero attached hydrogens (tertiary/aromatic N) is 1. The van der Waals surface area contributed by atoms with E-state index in [2.05, 4.69) is 4.72 Å².